The van der Waals surface area contributed by atoms with E-state index in [9.17, 15) is 0 Å². The summed E-state index contributed by atoms with van der Waals surface area (Å²) in [6.45, 7) is 3.06. The van der Waals surface area contributed by atoms with Crippen molar-refractivity contribution in [1.29, 1.82) is 5.41 Å². The quantitative estimate of drug-likeness (QED) is 0.549. The van der Waals surface area contributed by atoms with E-state index in [0.717, 1.165) is 25.2 Å². The van der Waals surface area contributed by atoms with Crippen molar-refractivity contribution >= 4 is 11.5 Å². The molecule has 0 unspecified atom stereocenters. The molecule has 0 fully saturated rings. The maximum absolute atomic E-state index is 7.99. The number of benzene rings is 1. The average molecular weight is 202 g/mol. The van der Waals surface area contributed by atoms with Crippen molar-refractivity contribution in [2.24, 2.45) is 0 Å². The Labute approximate surface area is 91.4 Å². The Morgan fingerprint density at radius 2 is 2.13 bits per heavy atom. The highest BCUT2D eigenvalue weighted by molar-refractivity contribution is 5.96. The molecule has 0 bridgehead atoms. The average Bonchev–Trinajstić information content (AvgIpc) is 2.50. The van der Waals surface area contributed by atoms with Gasteiger partial charge in [-0.2, -0.15) is 0 Å². The number of aryl methyl sites for hydroxylation is 1. The van der Waals surface area contributed by atoms with Crippen LogP contribution in [0.1, 0.15) is 31.7 Å². The van der Waals surface area contributed by atoms with Crippen molar-refractivity contribution in [1.82, 2.24) is 0 Å². The molecule has 1 N–H and O–H groups in total. The smallest absolute Gasteiger partial charge is 0.0999 e. The first kappa shape index (κ1) is 10.2. The van der Waals surface area contributed by atoms with Crippen molar-refractivity contribution in [3.8, 4) is 0 Å². The van der Waals surface area contributed by atoms with Gasteiger partial charge in [0.05, 0.1) is 5.84 Å². The number of hydrogen-bond donors (Lipinski definition) is 1. The Balaban J connectivity index is 2.37. The van der Waals surface area contributed by atoms with Gasteiger partial charge in [0.15, 0.2) is 0 Å². The summed E-state index contributed by atoms with van der Waals surface area (Å²) in [6.07, 6.45) is 4.40. The summed E-state index contributed by atoms with van der Waals surface area (Å²) in [5.41, 5.74) is 2.65. The van der Waals surface area contributed by atoms with Gasteiger partial charge in [0.1, 0.15) is 0 Å². The molecule has 0 aliphatic carbocycles. The number of rotatable bonds is 1. The van der Waals surface area contributed by atoms with Crippen LogP contribution in [0.15, 0.2) is 24.3 Å². The van der Waals surface area contributed by atoms with Gasteiger partial charge in [-0.1, -0.05) is 25.1 Å². The van der Waals surface area contributed by atoms with Crippen LogP contribution in [0.2, 0.25) is 0 Å². The van der Waals surface area contributed by atoms with Gasteiger partial charge in [0.25, 0.3) is 0 Å². The molecule has 0 spiro atoms. The van der Waals surface area contributed by atoms with Gasteiger partial charge in [-0.15, -0.1) is 0 Å². The molecule has 2 nitrogen and oxygen atoms in total. The molecule has 0 saturated heterocycles. The van der Waals surface area contributed by atoms with Crippen molar-refractivity contribution in [2.75, 3.05) is 11.4 Å². The summed E-state index contributed by atoms with van der Waals surface area (Å²) in [4.78, 5) is 2.17. The van der Waals surface area contributed by atoms with Crippen LogP contribution in [-0.4, -0.2) is 12.4 Å². The van der Waals surface area contributed by atoms with Gasteiger partial charge in [-0.3, -0.25) is 5.41 Å². The molecule has 0 atom stereocenters. The number of amidine groups is 1. The van der Waals surface area contributed by atoms with Gasteiger partial charge in [-0.25, -0.2) is 0 Å². The molecule has 0 amide bonds. The number of para-hydroxylation sites is 1. The van der Waals surface area contributed by atoms with Crippen molar-refractivity contribution in [3.63, 3.8) is 0 Å². The second kappa shape index (κ2) is 4.47. The van der Waals surface area contributed by atoms with Gasteiger partial charge < -0.3 is 4.90 Å². The fraction of sp³-hybridized carbons (Fsp3) is 0.462. The predicted octanol–water partition coefficient (Wildman–Crippen LogP) is 3.22. The zero-order valence-electron chi connectivity index (χ0n) is 9.29. The van der Waals surface area contributed by atoms with Crippen LogP contribution < -0.4 is 4.90 Å². The first-order valence-corrected chi connectivity index (χ1v) is 5.76. The lowest BCUT2D eigenvalue weighted by atomic mass is 10.1. The summed E-state index contributed by atoms with van der Waals surface area (Å²) >= 11 is 0. The van der Waals surface area contributed by atoms with Gasteiger partial charge >= 0.3 is 0 Å². The Hall–Kier alpha value is -1.31. The van der Waals surface area contributed by atoms with Crippen LogP contribution in [0.5, 0.6) is 0 Å². The number of nitrogens with zero attached hydrogens (tertiary/aromatic N) is 1. The van der Waals surface area contributed by atoms with Crippen LogP contribution in [0.3, 0.4) is 0 Å². The molecule has 1 aromatic carbocycles. The lowest BCUT2D eigenvalue weighted by molar-refractivity contribution is 0.762. The van der Waals surface area contributed by atoms with Crippen LogP contribution in [-0.2, 0) is 6.42 Å². The molecule has 0 saturated carbocycles. The normalized spacial score (nSPS) is 15.7. The van der Waals surface area contributed by atoms with Gasteiger partial charge in [0, 0.05) is 18.7 Å². The molecule has 1 heterocycles. The monoisotopic (exact) mass is 202 g/mol. The first-order valence-electron chi connectivity index (χ1n) is 5.76. The molecule has 0 radical (unpaired) electrons. The second-order valence-electron chi connectivity index (χ2n) is 4.04. The Morgan fingerprint density at radius 3 is 2.93 bits per heavy atom. The zero-order valence-corrected chi connectivity index (χ0v) is 9.29. The van der Waals surface area contributed by atoms with E-state index < -0.39 is 0 Å². The van der Waals surface area contributed by atoms with Gasteiger partial charge in [-0.05, 0) is 30.9 Å². The van der Waals surface area contributed by atoms with E-state index in [1.165, 1.54) is 24.1 Å². The van der Waals surface area contributed by atoms with Crippen LogP contribution in [0, 0.1) is 5.41 Å². The predicted molar refractivity (Wildman–Crippen MR) is 64.7 cm³/mol. The first-order chi connectivity index (χ1) is 7.33. The van der Waals surface area contributed by atoms with Crippen molar-refractivity contribution in [3.05, 3.63) is 29.8 Å². The fourth-order valence-electron chi connectivity index (χ4n) is 2.16. The maximum atomic E-state index is 7.99. The summed E-state index contributed by atoms with van der Waals surface area (Å²) < 4.78 is 0. The fourth-order valence-corrected chi connectivity index (χ4v) is 2.16. The second-order valence-corrected chi connectivity index (χ2v) is 4.04. The summed E-state index contributed by atoms with van der Waals surface area (Å²) in [5.74, 6) is 0.740. The zero-order chi connectivity index (χ0) is 10.7. The SMILES string of the molecule is CCC(=N)N1CCCCc2ccccc21. The third kappa shape index (κ3) is 2.04. The third-order valence-electron chi connectivity index (χ3n) is 3.02. The maximum Gasteiger partial charge on any atom is 0.0999 e. The Kier molecular flexibility index (Phi) is 3.05. The minimum Gasteiger partial charge on any atom is -0.330 e. The van der Waals surface area contributed by atoms with E-state index in [1.807, 2.05) is 0 Å². The largest absolute Gasteiger partial charge is 0.330 e. The van der Waals surface area contributed by atoms with Crippen molar-refractivity contribution < 1.29 is 0 Å². The number of hydrogen-bond acceptors (Lipinski definition) is 1. The van der Waals surface area contributed by atoms with Gasteiger partial charge in [0.2, 0.25) is 0 Å². The van der Waals surface area contributed by atoms with E-state index in [0.29, 0.717) is 0 Å². The molecule has 1 aliphatic rings. The van der Waals surface area contributed by atoms with Crippen molar-refractivity contribution in [2.45, 2.75) is 32.6 Å². The van der Waals surface area contributed by atoms with Crippen LogP contribution >= 0.6 is 0 Å². The highest BCUT2D eigenvalue weighted by Gasteiger charge is 2.16. The topological polar surface area (TPSA) is 27.1 Å². The molecular weight excluding hydrogens is 184 g/mol. The summed E-state index contributed by atoms with van der Waals surface area (Å²) in [5, 5.41) is 7.99. The van der Waals surface area contributed by atoms with E-state index in [-0.39, 0.29) is 0 Å². The molecule has 0 aromatic heterocycles. The molecule has 15 heavy (non-hydrogen) atoms. The number of nitrogens with one attached hydrogen (secondary N) is 1. The summed E-state index contributed by atoms with van der Waals surface area (Å²) in [6, 6.07) is 8.50. The summed E-state index contributed by atoms with van der Waals surface area (Å²) in [7, 11) is 0. The highest BCUT2D eigenvalue weighted by atomic mass is 15.2. The van der Waals surface area contributed by atoms with Crippen LogP contribution in [0.25, 0.3) is 0 Å². The molecule has 2 heteroatoms. The molecule has 1 aliphatic heterocycles. The van der Waals surface area contributed by atoms with Crippen LogP contribution in [0.4, 0.5) is 5.69 Å². The lowest BCUT2D eigenvalue weighted by Gasteiger charge is -2.24. The van der Waals surface area contributed by atoms with E-state index in [2.05, 4.69) is 36.1 Å². The van der Waals surface area contributed by atoms with E-state index in [1.54, 1.807) is 0 Å². The molecule has 80 valence electrons. The molecule has 1 aromatic rings. The molecular formula is C13H18N2. The highest BCUT2D eigenvalue weighted by Crippen LogP contribution is 2.26. The Bertz CT molecular complexity index is 357. The van der Waals surface area contributed by atoms with E-state index in [4.69, 9.17) is 5.41 Å². The Morgan fingerprint density at radius 1 is 1.33 bits per heavy atom. The van der Waals surface area contributed by atoms with E-state index >= 15 is 0 Å². The number of anilines is 1. The number of fused-ring (bicyclic) bond motifs is 1. The lowest BCUT2D eigenvalue weighted by Crippen LogP contribution is -2.30. The minimum absolute atomic E-state index is 0.740. The molecule has 2 rings (SSSR count). The minimum atomic E-state index is 0.740. The third-order valence-corrected chi connectivity index (χ3v) is 3.02. The standard InChI is InChI=1S/C13H18N2/c1-2-13(14)15-10-6-5-8-11-7-3-4-9-12(11)15/h3-4,7,9,14H,2,5-6,8,10H2,1H3.